The largest absolute Gasteiger partial charge is 0.457 e. The van der Waals surface area contributed by atoms with E-state index in [0.29, 0.717) is 5.92 Å². The van der Waals surface area contributed by atoms with Gasteiger partial charge in [0.2, 0.25) is 0 Å². The Hall–Kier alpha value is -0.980. The Labute approximate surface area is 72.7 Å². The van der Waals surface area contributed by atoms with Crippen molar-refractivity contribution in [1.82, 2.24) is 0 Å². The first-order chi connectivity index (χ1) is 5.66. The van der Waals surface area contributed by atoms with Crippen molar-refractivity contribution in [2.24, 2.45) is 5.92 Å². The molecule has 0 aromatic carbocycles. The number of aryl methyl sites for hydroxylation is 1. The molecule has 0 aliphatic heterocycles. The third-order valence-electron chi connectivity index (χ3n) is 2.17. The quantitative estimate of drug-likeness (QED) is 0.659. The van der Waals surface area contributed by atoms with E-state index < -0.39 is 0 Å². The van der Waals surface area contributed by atoms with Gasteiger partial charge in [-0.3, -0.25) is 0 Å². The Bertz CT molecular complexity index is 370. The molecule has 0 unspecified atom stereocenters. The summed E-state index contributed by atoms with van der Waals surface area (Å²) in [5.41, 5.74) is 4.79. The van der Waals surface area contributed by atoms with E-state index in [2.05, 4.69) is 32.9 Å². The van der Waals surface area contributed by atoms with Gasteiger partial charge in [-0.2, -0.15) is 0 Å². The standard InChI is InChI=1S/C11H14O/c1-7(2)4-9-6-10-5-8(3)11(9)12-10/h5-7H,4H2,1-3H3. The first kappa shape index (κ1) is 7.66. The minimum atomic E-state index is 0.708. The van der Waals surface area contributed by atoms with Crippen LogP contribution in [0, 0.1) is 12.8 Å². The first-order valence-corrected chi connectivity index (χ1v) is 4.48. The summed E-state index contributed by atoms with van der Waals surface area (Å²) < 4.78 is 5.55. The molecule has 0 fully saturated rings. The van der Waals surface area contributed by atoms with Crippen LogP contribution in [0.5, 0.6) is 0 Å². The number of fused-ring (bicyclic) bond motifs is 2. The average Bonchev–Trinajstić information content (AvgIpc) is 2.43. The number of hydrogen-bond acceptors (Lipinski definition) is 1. The van der Waals surface area contributed by atoms with E-state index in [1.807, 2.05) is 0 Å². The molecule has 0 spiro atoms. The Balaban J connectivity index is 2.39. The summed E-state index contributed by atoms with van der Waals surface area (Å²) in [6, 6.07) is 4.25. The predicted molar refractivity (Wildman–Crippen MR) is 50.7 cm³/mol. The van der Waals surface area contributed by atoms with E-state index in [1.54, 1.807) is 0 Å². The highest BCUT2D eigenvalue weighted by atomic mass is 16.3. The Morgan fingerprint density at radius 1 is 1.33 bits per heavy atom. The zero-order valence-electron chi connectivity index (χ0n) is 7.85. The molecule has 0 saturated heterocycles. The van der Waals surface area contributed by atoms with Crippen LogP contribution >= 0.6 is 0 Å². The lowest BCUT2D eigenvalue weighted by Gasteiger charge is -2.01. The van der Waals surface area contributed by atoms with E-state index >= 15 is 0 Å². The molecule has 0 aliphatic carbocycles. The van der Waals surface area contributed by atoms with E-state index in [1.165, 1.54) is 11.1 Å². The zero-order chi connectivity index (χ0) is 8.72. The summed E-state index contributed by atoms with van der Waals surface area (Å²) in [6.07, 6.45) is 1.13. The second-order valence-electron chi connectivity index (χ2n) is 3.93. The molecule has 0 atom stereocenters. The van der Waals surface area contributed by atoms with Crippen LogP contribution in [0.25, 0.3) is 11.2 Å². The second kappa shape index (κ2) is 2.51. The number of benzene rings is 1. The molecule has 0 N–H and O–H groups in total. The predicted octanol–water partition coefficient (Wildman–Crippen LogP) is 3.38. The van der Waals surface area contributed by atoms with E-state index in [9.17, 15) is 0 Å². The molecule has 2 rings (SSSR count). The summed E-state index contributed by atoms with van der Waals surface area (Å²) >= 11 is 0. The topological polar surface area (TPSA) is 13.1 Å². The van der Waals surface area contributed by atoms with Crippen LogP contribution < -0.4 is 0 Å². The molecule has 2 bridgehead atoms. The smallest absolute Gasteiger partial charge is 0.133 e. The van der Waals surface area contributed by atoms with Crippen LogP contribution in [-0.4, -0.2) is 0 Å². The molecule has 1 nitrogen and oxygen atoms in total. The number of hydrogen-bond donors (Lipinski definition) is 0. The average molecular weight is 162 g/mol. The molecular formula is C11H14O. The molecular weight excluding hydrogens is 148 g/mol. The molecule has 12 heavy (non-hydrogen) atoms. The molecule has 0 aliphatic rings. The van der Waals surface area contributed by atoms with Gasteiger partial charge in [-0.1, -0.05) is 13.8 Å². The Kier molecular flexibility index (Phi) is 1.60. The van der Waals surface area contributed by atoms with E-state index in [0.717, 1.165) is 17.6 Å². The van der Waals surface area contributed by atoms with Gasteiger partial charge in [0.25, 0.3) is 0 Å². The summed E-state index contributed by atoms with van der Waals surface area (Å²) in [7, 11) is 0. The summed E-state index contributed by atoms with van der Waals surface area (Å²) in [5.74, 6) is 0.708. The lowest BCUT2D eigenvalue weighted by atomic mass is 10.0. The summed E-state index contributed by atoms with van der Waals surface area (Å²) in [6.45, 7) is 6.57. The van der Waals surface area contributed by atoms with Gasteiger partial charge in [-0.15, -0.1) is 0 Å². The van der Waals surface area contributed by atoms with Gasteiger partial charge in [-0.25, -0.2) is 0 Å². The fourth-order valence-corrected chi connectivity index (χ4v) is 1.73. The minimum Gasteiger partial charge on any atom is -0.457 e. The van der Waals surface area contributed by atoms with Crippen molar-refractivity contribution in [2.45, 2.75) is 27.2 Å². The van der Waals surface area contributed by atoms with Gasteiger partial charge in [0.15, 0.2) is 0 Å². The third kappa shape index (κ3) is 1.09. The molecule has 0 amide bonds. The van der Waals surface area contributed by atoms with Crippen molar-refractivity contribution in [3.8, 4) is 0 Å². The third-order valence-corrected chi connectivity index (χ3v) is 2.17. The fraction of sp³-hybridized carbons (Fsp3) is 0.455. The van der Waals surface area contributed by atoms with Crippen molar-refractivity contribution in [3.63, 3.8) is 0 Å². The second-order valence-corrected chi connectivity index (χ2v) is 3.93. The molecule has 2 aromatic rings. The van der Waals surface area contributed by atoms with Crippen molar-refractivity contribution in [2.75, 3.05) is 0 Å². The van der Waals surface area contributed by atoms with Crippen LogP contribution in [0.4, 0.5) is 0 Å². The highest BCUT2D eigenvalue weighted by molar-refractivity contribution is 5.70. The van der Waals surface area contributed by atoms with Crippen LogP contribution in [-0.2, 0) is 6.42 Å². The summed E-state index contributed by atoms with van der Waals surface area (Å²) in [5, 5.41) is 0. The van der Waals surface area contributed by atoms with Crippen LogP contribution in [0.1, 0.15) is 25.0 Å². The van der Waals surface area contributed by atoms with Crippen LogP contribution in [0.15, 0.2) is 16.5 Å². The lowest BCUT2D eigenvalue weighted by molar-refractivity contribution is 0.635. The normalized spacial score (nSPS) is 12.0. The lowest BCUT2D eigenvalue weighted by Crippen LogP contribution is -1.93. The summed E-state index contributed by atoms with van der Waals surface area (Å²) in [4.78, 5) is 0. The highest BCUT2D eigenvalue weighted by Gasteiger charge is 2.11. The van der Waals surface area contributed by atoms with Crippen LogP contribution in [0.3, 0.4) is 0 Å². The van der Waals surface area contributed by atoms with Crippen molar-refractivity contribution < 1.29 is 4.42 Å². The van der Waals surface area contributed by atoms with Gasteiger partial charge in [-0.05, 0) is 42.5 Å². The van der Waals surface area contributed by atoms with Crippen molar-refractivity contribution in [1.29, 1.82) is 0 Å². The molecule has 1 heteroatoms. The zero-order valence-corrected chi connectivity index (χ0v) is 7.85. The number of furan rings is 2. The maximum Gasteiger partial charge on any atom is 0.133 e. The van der Waals surface area contributed by atoms with E-state index in [4.69, 9.17) is 4.42 Å². The maximum atomic E-state index is 5.55. The van der Waals surface area contributed by atoms with Gasteiger partial charge in [0.05, 0.1) is 0 Å². The van der Waals surface area contributed by atoms with Crippen molar-refractivity contribution >= 4 is 11.2 Å². The Morgan fingerprint density at radius 3 is 2.58 bits per heavy atom. The monoisotopic (exact) mass is 162 g/mol. The van der Waals surface area contributed by atoms with Crippen LogP contribution in [0.2, 0.25) is 0 Å². The molecule has 64 valence electrons. The first-order valence-electron chi connectivity index (χ1n) is 4.48. The van der Waals surface area contributed by atoms with Gasteiger partial charge in [0.1, 0.15) is 11.2 Å². The van der Waals surface area contributed by atoms with Crippen molar-refractivity contribution in [3.05, 3.63) is 23.3 Å². The molecule has 2 aromatic heterocycles. The fourth-order valence-electron chi connectivity index (χ4n) is 1.73. The van der Waals surface area contributed by atoms with Gasteiger partial charge >= 0.3 is 0 Å². The number of rotatable bonds is 2. The highest BCUT2D eigenvalue weighted by Crippen LogP contribution is 2.28. The molecule has 2 heterocycles. The SMILES string of the molecule is Cc1cc2cc(CC(C)C)c1o2. The van der Waals surface area contributed by atoms with E-state index in [-0.39, 0.29) is 0 Å². The molecule has 0 radical (unpaired) electrons. The minimum absolute atomic E-state index is 0.708. The maximum absolute atomic E-state index is 5.55. The Morgan fingerprint density at radius 2 is 2.08 bits per heavy atom. The molecule has 0 saturated carbocycles. The van der Waals surface area contributed by atoms with Gasteiger partial charge in [0, 0.05) is 0 Å². The van der Waals surface area contributed by atoms with Gasteiger partial charge < -0.3 is 4.42 Å².